The van der Waals surface area contributed by atoms with Crippen molar-refractivity contribution in [1.82, 2.24) is 5.32 Å². The summed E-state index contributed by atoms with van der Waals surface area (Å²) in [6.07, 6.45) is -4.90. The standard InChI is InChI=1S/C12H14ClF3IN/c1-2-18-11(5-6-12(14,15)16)8-3-4-10(17)9(13)7-8/h3-4,7,11,18H,2,5-6H2,1H3. The van der Waals surface area contributed by atoms with Gasteiger partial charge in [0.25, 0.3) is 0 Å². The van der Waals surface area contributed by atoms with Gasteiger partial charge in [0.2, 0.25) is 0 Å². The first kappa shape index (κ1) is 16.0. The molecule has 0 aliphatic rings. The largest absolute Gasteiger partial charge is 0.389 e. The van der Waals surface area contributed by atoms with Crippen molar-refractivity contribution in [2.45, 2.75) is 32.0 Å². The molecule has 0 radical (unpaired) electrons. The average Bonchev–Trinajstić information content (AvgIpc) is 2.27. The van der Waals surface area contributed by atoms with Crippen molar-refractivity contribution in [3.05, 3.63) is 32.4 Å². The van der Waals surface area contributed by atoms with E-state index in [1.54, 1.807) is 6.07 Å². The highest BCUT2D eigenvalue weighted by atomic mass is 127. The predicted octanol–water partition coefficient (Wildman–Crippen LogP) is 4.94. The minimum Gasteiger partial charge on any atom is -0.310 e. The Morgan fingerprint density at radius 2 is 2.06 bits per heavy atom. The highest BCUT2D eigenvalue weighted by Crippen LogP contribution is 2.29. The Morgan fingerprint density at radius 1 is 1.39 bits per heavy atom. The van der Waals surface area contributed by atoms with Crippen LogP contribution in [0.5, 0.6) is 0 Å². The van der Waals surface area contributed by atoms with E-state index in [-0.39, 0.29) is 12.5 Å². The lowest BCUT2D eigenvalue weighted by atomic mass is 10.0. The van der Waals surface area contributed by atoms with Crippen LogP contribution >= 0.6 is 34.2 Å². The van der Waals surface area contributed by atoms with Gasteiger partial charge in [-0.25, -0.2) is 0 Å². The van der Waals surface area contributed by atoms with Crippen molar-refractivity contribution < 1.29 is 13.2 Å². The molecule has 1 aromatic rings. The maximum absolute atomic E-state index is 12.3. The fraction of sp³-hybridized carbons (Fsp3) is 0.500. The van der Waals surface area contributed by atoms with Gasteiger partial charge in [0.15, 0.2) is 0 Å². The molecule has 1 atom stereocenters. The Hall–Kier alpha value is -0.0100. The molecule has 0 amide bonds. The fourth-order valence-corrected chi connectivity index (χ4v) is 2.19. The summed E-state index contributed by atoms with van der Waals surface area (Å²) >= 11 is 8.08. The van der Waals surface area contributed by atoms with Crippen LogP contribution in [0.2, 0.25) is 5.02 Å². The SMILES string of the molecule is CCNC(CCC(F)(F)F)c1ccc(I)c(Cl)c1. The first-order valence-electron chi connectivity index (χ1n) is 5.58. The van der Waals surface area contributed by atoms with Crippen molar-refractivity contribution in [2.75, 3.05) is 6.54 Å². The van der Waals surface area contributed by atoms with Gasteiger partial charge in [-0.3, -0.25) is 0 Å². The molecular weight excluding hydrogens is 377 g/mol. The predicted molar refractivity (Wildman–Crippen MR) is 75.9 cm³/mol. The summed E-state index contributed by atoms with van der Waals surface area (Å²) in [6.45, 7) is 2.49. The van der Waals surface area contributed by atoms with Crippen molar-refractivity contribution >= 4 is 34.2 Å². The molecule has 0 aromatic heterocycles. The molecule has 0 saturated heterocycles. The lowest BCUT2D eigenvalue weighted by Gasteiger charge is -2.19. The number of alkyl halides is 3. The second-order valence-electron chi connectivity index (χ2n) is 3.94. The molecule has 6 heteroatoms. The van der Waals surface area contributed by atoms with Gasteiger partial charge in [-0.1, -0.05) is 24.6 Å². The summed E-state index contributed by atoms with van der Waals surface area (Å²) in [4.78, 5) is 0. The van der Waals surface area contributed by atoms with Gasteiger partial charge in [0.05, 0.1) is 5.02 Å². The lowest BCUT2D eigenvalue weighted by molar-refractivity contribution is -0.136. The van der Waals surface area contributed by atoms with Crippen molar-refractivity contribution in [3.8, 4) is 0 Å². The molecule has 0 heterocycles. The molecule has 102 valence electrons. The zero-order chi connectivity index (χ0) is 13.8. The summed E-state index contributed by atoms with van der Waals surface area (Å²) < 4.78 is 37.7. The van der Waals surface area contributed by atoms with E-state index in [1.807, 2.05) is 19.1 Å². The molecule has 0 bridgehead atoms. The molecule has 0 aliphatic heterocycles. The molecule has 1 unspecified atom stereocenters. The van der Waals surface area contributed by atoms with Crippen LogP contribution in [-0.4, -0.2) is 12.7 Å². The third-order valence-electron chi connectivity index (χ3n) is 2.51. The quantitative estimate of drug-likeness (QED) is 0.701. The van der Waals surface area contributed by atoms with E-state index in [0.29, 0.717) is 11.6 Å². The summed E-state index contributed by atoms with van der Waals surface area (Å²) in [6, 6.07) is 5.05. The smallest absolute Gasteiger partial charge is 0.310 e. The van der Waals surface area contributed by atoms with Gasteiger partial charge >= 0.3 is 6.18 Å². The van der Waals surface area contributed by atoms with Crippen molar-refractivity contribution in [2.24, 2.45) is 0 Å². The number of benzene rings is 1. The second kappa shape index (κ2) is 6.96. The summed E-state index contributed by atoms with van der Waals surface area (Å²) in [5, 5.41) is 3.63. The van der Waals surface area contributed by atoms with Crippen molar-refractivity contribution in [1.29, 1.82) is 0 Å². The zero-order valence-electron chi connectivity index (χ0n) is 9.82. The van der Waals surface area contributed by atoms with Crippen LogP contribution in [-0.2, 0) is 0 Å². The summed E-state index contributed by atoms with van der Waals surface area (Å²) in [5.41, 5.74) is 0.798. The maximum Gasteiger partial charge on any atom is 0.389 e. The van der Waals surface area contributed by atoms with Crippen LogP contribution in [0.15, 0.2) is 18.2 Å². The Bertz CT molecular complexity index is 395. The monoisotopic (exact) mass is 391 g/mol. The fourth-order valence-electron chi connectivity index (χ4n) is 1.67. The molecule has 0 aliphatic carbocycles. The molecule has 1 nitrogen and oxygen atoms in total. The molecule has 1 N–H and O–H groups in total. The first-order valence-corrected chi connectivity index (χ1v) is 7.04. The minimum absolute atomic E-state index is 0.0221. The minimum atomic E-state index is -4.12. The summed E-state index contributed by atoms with van der Waals surface area (Å²) in [7, 11) is 0. The Balaban J connectivity index is 2.80. The lowest BCUT2D eigenvalue weighted by Crippen LogP contribution is -2.23. The van der Waals surface area contributed by atoms with E-state index < -0.39 is 12.6 Å². The van der Waals surface area contributed by atoms with E-state index in [2.05, 4.69) is 27.9 Å². The molecule has 0 saturated carbocycles. The molecule has 1 aromatic carbocycles. The first-order chi connectivity index (χ1) is 8.33. The van der Waals surface area contributed by atoms with Gasteiger partial charge in [0.1, 0.15) is 0 Å². The van der Waals surface area contributed by atoms with Crippen LogP contribution < -0.4 is 5.32 Å². The Morgan fingerprint density at radius 3 is 2.56 bits per heavy atom. The molecule has 0 spiro atoms. The topological polar surface area (TPSA) is 12.0 Å². The average molecular weight is 392 g/mol. The number of halogens is 5. The Kier molecular flexibility index (Phi) is 6.20. The van der Waals surface area contributed by atoms with Crippen LogP contribution in [0.25, 0.3) is 0 Å². The number of hydrogen-bond donors (Lipinski definition) is 1. The highest BCUT2D eigenvalue weighted by Gasteiger charge is 2.28. The van der Waals surface area contributed by atoms with Crippen LogP contribution in [0.4, 0.5) is 13.2 Å². The van der Waals surface area contributed by atoms with E-state index >= 15 is 0 Å². The second-order valence-corrected chi connectivity index (χ2v) is 5.51. The van der Waals surface area contributed by atoms with Gasteiger partial charge in [-0.15, -0.1) is 0 Å². The van der Waals surface area contributed by atoms with Crippen LogP contribution in [0, 0.1) is 3.57 Å². The van der Waals surface area contributed by atoms with E-state index in [9.17, 15) is 13.2 Å². The van der Waals surface area contributed by atoms with Gasteiger partial charge in [-0.2, -0.15) is 13.2 Å². The van der Waals surface area contributed by atoms with E-state index in [1.165, 1.54) is 0 Å². The zero-order valence-corrected chi connectivity index (χ0v) is 12.7. The van der Waals surface area contributed by atoms with Gasteiger partial charge in [0, 0.05) is 16.0 Å². The highest BCUT2D eigenvalue weighted by molar-refractivity contribution is 14.1. The van der Waals surface area contributed by atoms with E-state index in [0.717, 1.165) is 9.13 Å². The van der Waals surface area contributed by atoms with Crippen LogP contribution in [0.3, 0.4) is 0 Å². The van der Waals surface area contributed by atoms with Gasteiger partial charge in [-0.05, 0) is 53.3 Å². The van der Waals surface area contributed by atoms with Crippen LogP contribution in [0.1, 0.15) is 31.4 Å². The van der Waals surface area contributed by atoms with Gasteiger partial charge < -0.3 is 5.32 Å². The maximum atomic E-state index is 12.3. The number of rotatable bonds is 5. The normalized spacial score (nSPS) is 13.7. The summed E-state index contributed by atoms with van der Waals surface area (Å²) in [5.74, 6) is 0. The molecule has 18 heavy (non-hydrogen) atoms. The van der Waals surface area contributed by atoms with Crippen molar-refractivity contribution in [3.63, 3.8) is 0 Å². The molecule has 1 rings (SSSR count). The molecular formula is C12H14ClF3IN. The molecule has 0 fully saturated rings. The third-order valence-corrected chi connectivity index (χ3v) is 4.09. The number of hydrogen-bond acceptors (Lipinski definition) is 1. The number of nitrogens with one attached hydrogen (secondary N) is 1. The Labute approximate surface area is 123 Å². The third kappa shape index (κ3) is 5.32. The van der Waals surface area contributed by atoms with E-state index in [4.69, 9.17) is 11.6 Å².